The number of aromatic amines is 2. The molecule has 22 heavy (non-hydrogen) atoms. The Balaban J connectivity index is 1.66. The lowest BCUT2D eigenvalue weighted by atomic mass is 10.0. The van der Waals surface area contributed by atoms with Gasteiger partial charge in [-0.3, -0.25) is 9.89 Å². The zero-order valence-electron chi connectivity index (χ0n) is 13.2. The van der Waals surface area contributed by atoms with E-state index < -0.39 is 0 Å². The molecule has 2 aromatic heterocycles. The molecule has 3 heterocycles. The predicted octanol–water partition coefficient (Wildman–Crippen LogP) is 1.96. The van der Waals surface area contributed by atoms with Gasteiger partial charge in [-0.15, -0.1) is 0 Å². The molecule has 0 aromatic carbocycles. The second-order valence-corrected chi connectivity index (χ2v) is 5.85. The molecule has 0 aliphatic carbocycles. The van der Waals surface area contributed by atoms with Crippen LogP contribution < -0.4 is 0 Å². The van der Waals surface area contributed by atoms with Gasteiger partial charge in [0.1, 0.15) is 5.69 Å². The summed E-state index contributed by atoms with van der Waals surface area (Å²) in [4.78, 5) is 20.1. The number of H-pyrrole nitrogens is 2. The fraction of sp³-hybridized carbons (Fsp3) is 0.500. The van der Waals surface area contributed by atoms with Crippen LogP contribution in [0.2, 0.25) is 0 Å². The number of carbonyl (C=O) groups excluding carboxylic acids is 1. The van der Waals surface area contributed by atoms with Gasteiger partial charge in [0.25, 0.3) is 5.91 Å². The Morgan fingerprint density at radius 3 is 2.82 bits per heavy atom. The third-order valence-electron chi connectivity index (χ3n) is 4.60. The monoisotopic (exact) mass is 301 g/mol. The molecule has 6 nitrogen and oxygen atoms in total. The first-order valence-electron chi connectivity index (χ1n) is 7.86. The van der Waals surface area contributed by atoms with Crippen molar-refractivity contribution >= 4 is 5.91 Å². The molecule has 0 spiro atoms. The maximum atomic E-state index is 12.6. The number of rotatable bonds is 4. The Hall–Kier alpha value is -2.08. The molecule has 1 aliphatic rings. The first-order chi connectivity index (χ1) is 10.7. The minimum absolute atomic E-state index is 0.0599. The summed E-state index contributed by atoms with van der Waals surface area (Å²) in [5.74, 6) is 0.0599. The van der Waals surface area contributed by atoms with Gasteiger partial charge in [-0.1, -0.05) is 6.92 Å². The van der Waals surface area contributed by atoms with Crippen LogP contribution in [0, 0.1) is 0 Å². The van der Waals surface area contributed by atoms with E-state index >= 15 is 0 Å². The highest BCUT2D eigenvalue weighted by molar-refractivity contribution is 5.93. The largest absolute Gasteiger partial charge is 0.350 e. The van der Waals surface area contributed by atoms with Gasteiger partial charge in [0, 0.05) is 43.6 Å². The fourth-order valence-corrected chi connectivity index (χ4v) is 3.07. The number of amides is 1. The Kier molecular flexibility index (Phi) is 4.29. The predicted molar refractivity (Wildman–Crippen MR) is 85.6 cm³/mol. The van der Waals surface area contributed by atoms with Gasteiger partial charge in [-0.05, 0) is 31.5 Å². The Bertz CT molecular complexity index is 610. The van der Waals surface area contributed by atoms with Crippen molar-refractivity contribution in [1.29, 1.82) is 0 Å². The number of nitrogens with zero attached hydrogens (tertiary/aromatic N) is 3. The molecule has 0 atom stereocenters. The van der Waals surface area contributed by atoms with Crippen LogP contribution in [0.25, 0.3) is 11.3 Å². The van der Waals surface area contributed by atoms with Gasteiger partial charge >= 0.3 is 0 Å². The molecular weight excluding hydrogens is 278 g/mol. The average molecular weight is 301 g/mol. The number of hydrogen-bond donors (Lipinski definition) is 2. The molecule has 1 fully saturated rings. The summed E-state index contributed by atoms with van der Waals surface area (Å²) in [6.07, 6.45) is 5.64. The summed E-state index contributed by atoms with van der Waals surface area (Å²) in [6.45, 7) is 5.42. The van der Waals surface area contributed by atoms with E-state index in [-0.39, 0.29) is 5.91 Å². The minimum atomic E-state index is 0.0599. The zero-order valence-corrected chi connectivity index (χ0v) is 13.2. The van der Waals surface area contributed by atoms with E-state index in [1.165, 1.54) is 0 Å². The van der Waals surface area contributed by atoms with E-state index in [2.05, 4.69) is 27.0 Å². The smallest absolute Gasteiger partial charge is 0.270 e. The minimum Gasteiger partial charge on any atom is -0.350 e. The van der Waals surface area contributed by atoms with E-state index in [9.17, 15) is 4.79 Å². The van der Waals surface area contributed by atoms with E-state index in [1.807, 2.05) is 30.3 Å². The van der Waals surface area contributed by atoms with Crippen LogP contribution in [0.4, 0.5) is 0 Å². The molecule has 6 heteroatoms. The third kappa shape index (κ3) is 2.92. The number of likely N-dealkylation sites (tertiary alicyclic amines) is 1. The van der Waals surface area contributed by atoms with Gasteiger partial charge in [0.05, 0.1) is 6.20 Å². The molecule has 0 saturated carbocycles. The second-order valence-electron chi connectivity index (χ2n) is 5.85. The Morgan fingerprint density at radius 1 is 1.41 bits per heavy atom. The lowest BCUT2D eigenvalue weighted by Gasteiger charge is -2.36. The molecule has 1 saturated heterocycles. The first kappa shape index (κ1) is 14.8. The topological polar surface area (TPSA) is 68.0 Å². The number of carbonyl (C=O) groups is 1. The van der Waals surface area contributed by atoms with E-state index in [1.54, 1.807) is 6.20 Å². The highest BCUT2D eigenvalue weighted by Gasteiger charge is 2.26. The van der Waals surface area contributed by atoms with Gasteiger partial charge in [-0.2, -0.15) is 5.10 Å². The highest BCUT2D eigenvalue weighted by atomic mass is 16.2. The van der Waals surface area contributed by atoms with Crippen LogP contribution in [0.1, 0.15) is 30.3 Å². The number of hydrogen-bond acceptors (Lipinski definition) is 3. The van der Waals surface area contributed by atoms with Crippen LogP contribution in [0.5, 0.6) is 0 Å². The highest BCUT2D eigenvalue weighted by Crippen LogP contribution is 2.20. The van der Waals surface area contributed by atoms with E-state index in [0.29, 0.717) is 11.7 Å². The van der Waals surface area contributed by atoms with Crippen molar-refractivity contribution in [2.24, 2.45) is 0 Å². The van der Waals surface area contributed by atoms with Crippen LogP contribution in [0.15, 0.2) is 24.5 Å². The molecule has 2 aromatic rings. The maximum absolute atomic E-state index is 12.6. The van der Waals surface area contributed by atoms with Gasteiger partial charge in [0.2, 0.25) is 0 Å². The standard InChI is InChI=1S/C16H23N5O/c1-3-21-8-6-13(7-9-21)20(2)16(22)15-5-4-14(19-15)12-10-17-18-11-12/h4-5,10-11,13,19H,3,6-9H2,1-2H3,(H,17,18). The summed E-state index contributed by atoms with van der Waals surface area (Å²) in [6, 6.07) is 4.10. The average Bonchev–Trinajstić information content (AvgIpc) is 3.24. The van der Waals surface area contributed by atoms with Gasteiger partial charge in [0.15, 0.2) is 0 Å². The molecule has 118 valence electrons. The summed E-state index contributed by atoms with van der Waals surface area (Å²) in [5, 5.41) is 6.71. The van der Waals surface area contributed by atoms with Crippen molar-refractivity contribution in [1.82, 2.24) is 25.0 Å². The van der Waals surface area contributed by atoms with Crippen molar-refractivity contribution in [2.75, 3.05) is 26.7 Å². The summed E-state index contributed by atoms with van der Waals surface area (Å²) in [5.41, 5.74) is 2.50. The number of piperidine rings is 1. The fourth-order valence-electron chi connectivity index (χ4n) is 3.07. The normalized spacial score (nSPS) is 16.8. The van der Waals surface area contributed by atoms with E-state index in [4.69, 9.17) is 0 Å². The molecule has 0 bridgehead atoms. The number of aromatic nitrogens is 3. The molecule has 0 radical (unpaired) electrons. The number of nitrogens with one attached hydrogen (secondary N) is 2. The molecule has 1 aliphatic heterocycles. The Labute approximate surface area is 130 Å². The molecule has 2 N–H and O–H groups in total. The van der Waals surface area contributed by atoms with Crippen molar-refractivity contribution < 1.29 is 4.79 Å². The summed E-state index contributed by atoms with van der Waals surface area (Å²) in [7, 11) is 1.91. The van der Waals surface area contributed by atoms with Crippen LogP contribution >= 0.6 is 0 Å². The zero-order chi connectivity index (χ0) is 15.5. The molecule has 0 unspecified atom stereocenters. The first-order valence-corrected chi connectivity index (χ1v) is 7.86. The van der Waals surface area contributed by atoms with Crippen molar-refractivity contribution in [3.05, 3.63) is 30.2 Å². The van der Waals surface area contributed by atoms with Crippen molar-refractivity contribution in [3.63, 3.8) is 0 Å². The lowest BCUT2D eigenvalue weighted by molar-refractivity contribution is 0.0642. The van der Waals surface area contributed by atoms with Crippen molar-refractivity contribution in [3.8, 4) is 11.3 Å². The SMILES string of the molecule is CCN1CCC(N(C)C(=O)c2ccc(-c3cn[nH]c3)[nH]2)CC1. The molecule has 3 rings (SSSR count). The van der Waals surface area contributed by atoms with Gasteiger partial charge < -0.3 is 14.8 Å². The molecule has 1 amide bonds. The van der Waals surface area contributed by atoms with E-state index in [0.717, 1.165) is 43.7 Å². The summed E-state index contributed by atoms with van der Waals surface area (Å²) >= 11 is 0. The quantitative estimate of drug-likeness (QED) is 0.907. The molecular formula is C16H23N5O. The lowest BCUT2D eigenvalue weighted by Crippen LogP contribution is -2.45. The van der Waals surface area contributed by atoms with Crippen LogP contribution in [-0.4, -0.2) is 63.6 Å². The summed E-state index contributed by atoms with van der Waals surface area (Å²) < 4.78 is 0. The maximum Gasteiger partial charge on any atom is 0.270 e. The van der Waals surface area contributed by atoms with Crippen LogP contribution in [-0.2, 0) is 0 Å². The second kappa shape index (κ2) is 6.36. The van der Waals surface area contributed by atoms with Crippen LogP contribution in [0.3, 0.4) is 0 Å². The van der Waals surface area contributed by atoms with Gasteiger partial charge in [-0.25, -0.2) is 0 Å². The third-order valence-corrected chi connectivity index (χ3v) is 4.60. The Morgan fingerprint density at radius 2 is 2.18 bits per heavy atom. The van der Waals surface area contributed by atoms with Crippen molar-refractivity contribution in [2.45, 2.75) is 25.8 Å².